The van der Waals surface area contributed by atoms with Gasteiger partial charge in [0.15, 0.2) is 0 Å². The van der Waals surface area contributed by atoms with Crippen molar-refractivity contribution < 1.29 is 9.53 Å². The van der Waals surface area contributed by atoms with E-state index in [0.717, 1.165) is 12.8 Å². The first-order chi connectivity index (χ1) is 19.3. The van der Waals surface area contributed by atoms with Crippen LogP contribution in [0, 0.1) is 0 Å². The molecule has 234 valence electrons. The van der Waals surface area contributed by atoms with Crippen LogP contribution in [0.4, 0.5) is 0 Å². The van der Waals surface area contributed by atoms with Gasteiger partial charge in [0.1, 0.15) is 0 Å². The molecule has 0 unspecified atom stereocenters. The molecule has 0 radical (unpaired) electrons. The Kier molecular flexibility index (Phi) is 35.0. The van der Waals surface area contributed by atoms with Gasteiger partial charge < -0.3 is 4.74 Å². The third kappa shape index (κ3) is 35.4. The van der Waals surface area contributed by atoms with Gasteiger partial charge in [0.25, 0.3) is 0 Å². The predicted octanol–water partition coefficient (Wildman–Crippen LogP) is 13.4. The largest absolute Gasteiger partial charge is 0.466 e. The van der Waals surface area contributed by atoms with Gasteiger partial charge in [0.2, 0.25) is 0 Å². The van der Waals surface area contributed by atoms with Gasteiger partial charge in [-0.25, -0.2) is 0 Å². The first-order valence-electron chi connectivity index (χ1n) is 18.5. The molecule has 0 aromatic rings. The van der Waals surface area contributed by atoms with E-state index in [2.05, 4.69) is 13.8 Å². The van der Waals surface area contributed by atoms with Crippen molar-refractivity contribution >= 4 is 5.97 Å². The van der Waals surface area contributed by atoms with Crippen molar-refractivity contribution in [2.75, 3.05) is 6.61 Å². The average molecular weight is 551 g/mol. The molecule has 0 bridgehead atoms. The summed E-state index contributed by atoms with van der Waals surface area (Å²) >= 11 is 0. The number of carbonyl (C=O) groups is 1. The Morgan fingerprint density at radius 1 is 0.333 bits per heavy atom. The van der Waals surface area contributed by atoms with E-state index >= 15 is 0 Å². The molecular formula is C37H74O2. The number of hydrogen-bond acceptors (Lipinski definition) is 2. The highest BCUT2D eigenvalue weighted by Crippen LogP contribution is 2.16. The maximum Gasteiger partial charge on any atom is 0.305 e. The van der Waals surface area contributed by atoms with Crippen LogP contribution in [0.3, 0.4) is 0 Å². The summed E-state index contributed by atoms with van der Waals surface area (Å²) in [6, 6.07) is 0. The number of unbranched alkanes of at least 4 members (excludes halogenated alkanes) is 30. The van der Waals surface area contributed by atoms with Crippen LogP contribution < -0.4 is 0 Å². The highest BCUT2D eigenvalue weighted by Gasteiger charge is 2.02. The molecule has 0 spiro atoms. The zero-order valence-electron chi connectivity index (χ0n) is 27.4. The van der Waals surface area contributed by atoms with Crippen molar-refractivity contribution in [3.63, 3.8) is 0 Å². The van der Waals surface area contributed by atoms with Gasteiger partial charge in [0, 0.05) is 6.42 Å². The standard InChI is InChI=1S/C37H74O2/c1-3-5-7-9-11-12-13-14-15-16-17-18-19-20-21-22-23-24-25-26-27-28-29-31-33-35-37(38)39-36-34-32-30-10-8-6-4-2/h3-36H2,1-2H3. The maximum atomic E-state index is 11.8. The molecule has 0 atom stereocenters. The molecule has 0 aromatic carbocycles. The summed E-state index contributed by atoms with van der Waals surface area (Å²) in [4.78, 5) is 11.8. The van der Waals surface area contributed by atoms with Crippen molar-refractivity contribution in [1.29, 1.82) is 0 Å². The van der Waals surface area contributed by atoms with Crippen molar-refractivity contribution in [3.8, 4) is 0 Å². The average Bonchev–Trinajstić information content (AvgIpc) is 2.94. The second-order valence-corrected chi connectivity index (χ2v) is 12.6. The van der Waals surface area contributed by atoms with Gasteiger partial charge >= 0.3 is 5.97 Å². The van der Waals surface area contributed by atoms with E-state index in [4.69, 9.17) is 4.74 Å². The Bertz CT molecular complexity index is 447. The maximum absolute atomic E-state index is 11.8. The van der Waals surface area contributed by atoms with Crippen LogP contribution >= 0.6 is 0 Å². The molecule has 0 N–H and O–H groups in total. The Balaban J connectivity index is 3.10. The fourth-order valence-electron chi connectivity index (χ4n) is 5.73. The summed E-state index contributed by atoms with van der Waals surface area (Å²) < 4.78 is 5.39. The highest BCUT2D eigenvalue weighted by atomic mass is 16.5. The zero-order chi connectivity index (χ0) is 28.3. The van der Waals surface area contributed by atoms with Crippen LogP contribution in [0.25, 0.3) is 0 Å². The van der Waals surface area contributed by atoms with Crippen molar-refractivity contribution in [2.24, 2.45) is 0 Å². The van der Waals surface area contributed by atoms with E-state index in [9.17, 15) is 4.79 Å². The summed E-state index contributed by atoms with van der Waals surface area (Å²) in [7, 11) is 0. The molecule has 39 heavy (non-hydrogen) atoms. The predicted molar refractivity (Wildman–Crippen MR) is 175 cm³/mol. The molecule has 0 aromatic heterocycles. The summed E-state index contributed by atoms with van der Waals surface area (Å²) in [6.45, 7) is 5.18. The normalized spacial score (nSPS) is 11.3. The van der Waals surface area contributed by atoms with E-state index in [1.54, 1.807) is 0 Å². The van der Waals surface area contributed by atoms with Gasteiger partial charge in [0.05, 0.1) is 6.61 Å². The summed E-state index contributed by atoms with van der Waals surface area (Å²) in [5.74, 6) is 0.0232. The number of esters is 1. The minimum absolute atomic E-state index is 0.0232. The number of carbonyl (C=O) groups excluding carboxylic acids is 1. The minimum Gasteiger partial charge on any atom is -0.466 e. The molecular weight excluding hydrogens is 476 g/mol. The molecule has 2 nitrogen and oxygen atoms in total. The molecule has 0 aliphatic rings. The second-order valence-electron chi connectivity index (χ2n) is 12.6. The van der Waals surface area contributed by atoms with E-state index < -0.39 is 0 Å². The van der Waals surface area contributed by atoms with Crippen molar-refractivity contribution in [2.45, 2.75) is 226 Å². The Morgan fingerprint density at radius 3 is 0.846 bits per heavy atom. The second kappa shape index (κ2) is 35.5. The monoisotopic (exact) mass is 551 g/mol. The first-order valence-corrected chi connectivity index (χ1v) is 18.5. The fraction of sp³-hybridized carbons (Fsp3) is 0.973. The lowest BCUT2D eigenvalue weighted by atomic mass is 10.0. The van der Waals surface area contributed by atoms with Gasteiger partial charge in [-0.1, -0.05) is 206 Å². The smallest absolute Gasteiger partial charge is 0.305 e. The van der Waals surface area contributed by atoms with Crippen LogP contribution in [0.1, 0.15) is 226 Å². The van der Waals surface area contributed by atoms with E-state index in [1.807, 2.05) is 0 Å². The van der Waals surface area contributed by atoms with E-state index in [-0.39, 0.29) is 5.97 Å². The molecule has 0 aliphatic carbocycles. The Morgan fingerprint density at radius 2 is 0.564 bits per heavy atom. The lowest BCUT2D eigenvalue weighted by molar-refractivity contribution is -0.143. The number of hydrogen-bond donors (Lipinski definition) is 0. The number of ether oxygens (including phenoxy) is 1. The van der Waals surface area contributed by atoms with E-state index in [0.29, 0.717) is 13.0 Å². The third-order valence-corrected chi connectivity index (χ3v) is 8.50. The topological polar surface area (TPSA) is 26.3 Å². The van der Waals surface area contributed by atoms with E-state index in [1.165, 1.54) is 193 Å². The molecule has 0 aliphatic heterocycles. The minimum atomic E-state index is 0.0232. The summed E-state index contributed by atoms with van der Waals surface area (Å²) in [6.07, 6.45) is 44.7. The molecule has 0 rings (SSSR count). The number of rotatable bonds is 34. The molecule has 0 saturated heterocycles. The van der Waals surface area contributed by atoms with Crippen molar-refractivity contribution in [3.05, 3.63) is 0 Å². The van der Waals surface area contributed by atoms with Gasteiger partial charge in [-0.2, -0.15) is 0 Å². The third-order valence-electron chi connectivity index (χ3n) is 8.50. The van der Waals surface area contributed by atoms with Crippen molar-refractivity contribution in [1.82, 2.24) is 0 Å². The van der Waals surface area contributed by atoms with Crippen LogP contribution in [0.2, 0.25) is 0 Å². The van der Waals surface area contributed by atoms with Gasteiger partial charge in [-0.3, -0.25) is 4.79 Å². The molecule has 0 fully saturated rings. The Hall–Kier alpha value is -0.530. The highest BCUT2D eigenvalue weighted by molar-refractivity contribution is 5.69. The van der Waals surface area contributed by atoms with Crippen LogP contribution in [-0.2, 0) is 9.53 Å². The van der Waals surface area contributed by atoms with Gasteiger partial charge in [-0.05, 0) is 12.8 Å². The molecule has 0 heterocycles. The molecule has 0 amide bonds. The quantitative estimate of drug-likeness (QED) is 0.0588. The van der Waals surface area contributed by atoms with Gasteiger partial charge in [-0.15, -0.1) is 0 Å². The summed E-state index contributed by atoms with van der Waals surface area (Å²) in [5, 5.41) is 0. The lowest BCUT2D eigenvalue weighted by Crippen LogP contribution is -2.05. The first kappa shape index (κ1) is 38.5. The lowest BCUT2D eigenvalue weighted by Gasteiger charge is -2.05. The molecule has 0 saturated carbocycles. The molecule has 2 heteroatoms. The van der Waals surface area contributed by atoms with Crippen LogP contribution in [0.15, 0.2) is 0 Å². The zero-order valence-corrected chi connectivity index (χ0v) is 27.4. The fourth-order valence-corrected chi connectivity index (χ4v) is 5.73. The SMILES string of the molecule is CCCCCCCCCCCCCCCCCCCCCCCCCCCC(=O)OCCCCCCCCC. The summed E-state index contributed by atoms with van der Waals surface area (Å²) in [5.41, 5.74) is 0. The van der Waals surface area contributed by atoms with Crippen LogP contribution in [-0.4, -0.2) is 12.6 Å². The van der Waals surface area contributed by atoms with Crippen LogP contribution in [0.5, 0.6) is 0 Å². The Labute approximate surface area is 247 Å².